The van der Waals surface area contributed by atoms with Crippen molar-refractivity contribution in [3.63, 3.8) is 0 Å². The summed E-state index contributed by atoms with van der Waals surface area (Å²) >= 11 is 12.6. The highest BCUT2D eigenvalue weighted by molar-refractivity contribution is 6.39. The summed E-state index contributed by atoms with van der Waals surface area (Å²) in [6.07, 6.45) is 0. The van der Waals surface area contributed by atoms with Gasteiger partial charge in [-0.1, -0.05) is 11.6 Å². The van der Waals surface area contributed by atoms with Gasteiger partial charge < -0.3 is 18.9 Å². The van der Waals surface area contributed by atoms with E-state index >= 15 is 0 Å². The number of hydrogen-bond acceptors (Lipinski definition) is 8. The lowest BCUT2D eigenvalue weighted by Crippen LogP contribution is -2.36. The first-order chi connectivity index (χ1) is 15.7. The molecule has 9 nitrogen and oxygen atoms in total. The van der Waals surface area contributed by atoms with Gasteiger partial charge in [0.15, 0.2) is 5.78 Å². The highest BCUT2D eigenvalue weighted by Crippen LogP contribution is 2.39. The van der Waals surface area contributed by atoms with E-state index < -0.39 is 17.7 Å². The first kappa shape index (κ1) is 26.2. The van der Waals surface area contributed by atoms with E-state index in [1.54, 1.807) is 19.1 Å². The summed E-state index contributed by atoms with van der Waals surface area (Å²) < 4.78 is 22.2. The summed E-state index contributed by atoms with van der Waals surface area (Å²) in [5.74, 6) is 0.231. The van der Waals surface area contributed by atoms with Gasteiger partial charge in [-0.05, 0) is 20.8 Å². The second-order valence-electron chi connectivity index (χ2n) is 6.54. The lowest BCUT2D eigenvalue weighted by molar-refractivity contribution is -0.126. The van der Waals surface area contributed by atoms with Gasteiger partial charge in [0, 0.05) is 42.1 Å². The number of azo groups is 1. The Morgan fingerprint density at radius 3 is 2.09 bits per heavy atom. The van der Waals surface area contributed by atoms with Crippen LogP contribution in [0.5, 0.6) is 23.0 Å². The van der Waals surface area contributed by atoms with E-state index in [1.165, 1.54) is 39.3 Å². The summed E-state index contributed by atoms with van der Waals surface area (Å²) in [5.41, 5.74) is 0.406. The zero-order valence-electron chi connectivity index (χ0n) is 18.9. The molecule has 0 aliphatic carbocycles. The number of ketones is 1. The predicted octanol–water partition coefficient (Wildman–Crippen LogP) is 5.38. The Balaban J connectivity index is 2.39. The summed E-state index contributed by atoms with van der Waals surface area (Å²) in [6.45, 7) is 5.61. The lowest BCUT2D eigenvalue weighted by atomic mass is 10.2. The number of halogens is 2. The minimum atomic E-state index is -1.51. The molecule has 0 saturated heterocycles. The maximum atomic E-state index is 13.0. The smallest absolute Gasteiger partial charge is 0.276 e. The molecule has 0 bridgehead atoms. The zero-order valence-corrected chi connectivity index (χ0v) is 20.4. The van der Waals surface area contributed by atoms with Gasteiger partial charge >= 0.3 is 0 Å². The monoisotopic (exact) mass is 497 g/mol. The van der Waals surface area contributed by atoms with Crippen molar-refractivity contribution < 1.29 is 28.5 Å². The number of carbonyl (C=O) groups excluding carboxylic acids is 2. The van der Waals surface area contributed by atoms with Gasteiger partial charge in [0.2, 0.25) is 6.04 Å². The molecule has 0 aliphatic heterocycles. The molecule has 0 spiro atoms. The molecule has 11 heteroatoms. The molecule has 0 saturated carbocycles. The Kier molecular flexibility index (Phi) is 9.74. The fourth-order valence-electron chi connectivity index (χ4n) is 2.71. The normalized spacial score (nSPS) is 11.7. The van der Waals surface area contributed by atoms with E-state index in [0.29, 0.717) is 36.2 Å². The van der Waals surface area contributed by atoms with Crippen LogP contribution in [-0.4, -0.2) is 45.2 Å². The third-order valence-electron chi connectivity index (χ3n) is 4.26. The fourth-order valence-corrected chi connectivity index (χ4v) is 3.10. The second-order valence-corrected chi connectivity index (χ2v) is 7.26. The molecule has 2 rings (SSSR count). The second kappa shape index (κ2) is 12.3. The number of methoxy groups -OCH3 is 2. The SMILES string of the molecule is CCOc1cc(N=NC(C(C)=O)C(=O)N(Cl)c2cc(OC)cc(OC)c2)c(Cl)c(OCC)c1. The van der Waals surface area contributed by atoms with Crippen molar-refractivity contribution in [3.8, 4) is 23.0 Å². The van der Waals surface area contributed by atoms with Gasteiger partial charge in [-0.3, -0.25) is 9.59 Å². The molecular formula is C22H25Cl2N3O6. The lowest BCUT2D eigenvalue weighted by Gasteiger charge is -2.18. The largest absolute Gasteiger partial charge is 0.497 e. The molecule has 2 aromatic rings. The highest BCUT2D eigenvalue weighted by atomic mass is 35.5. The van der Waals surface area contributed by atoms with Gasteiger partial charge in [-0.2, -0.15) is 10.2 Å². The minimum absolute atomic E-state index is 0.166. The van der Waals surface area contributed by atoms with Gasteiger partial charge in [0.05, 0.1) is 33.1 Å². The Bertz CT molecular complexity index is 1010. The highest BCUT2D eigenvalue weighted by Gasteiger charge is 2.29. The van der Waals surface area contributed by atoms with Crippen molar-refractivity contribution in [2.24, 2.45) is 10.2 Å². The first-order valence-electron chi connectivity index (χ1n) is 9.98. The minimum Gasteiger partial charge on any atom is -0.497 e. The van der Waals surface area contributed by atoms with Gasteiger partial charge in [-0.25, -0.2) is 4.42 Å². The number of ether oxygens (including phenoxy) is 4. The number of benzene rings is 2. The number of anilines is 1. The molecule has 0 fully saturated rings. The third-order valence-corrected chi connectivity index (χ3v) is 5.00. The average molecular weight is 498 g/mol. The molecule has 178 valence electrons. The molecule has 2 aromatic carbocycles. The van der Waals surface area contributed by atoms with Crippen LogP contribution in [0.1, 0.15) is 20.8 Å². The topological polar surface area (TPSA) is 99.0 Å². The van der Waals surface area contributed by atoms with Crippen molar-refractivity contribution in [3.05, 3.63) is 35.4 Å². The molecule has 1 amide bonds. The van der Waals surface area contributed by atoms with E-state index in [2.05, 4.69) is 10.2 Å². The molecule has 1 unspecified atom stereocenters. The summed E-state index contributed by atoms with van der Waals surface area (Å²) in [6, 6.07) is 6.28. The molecule has 0 heterocycles. The maximum absolute atomic E-state index is 13.0. The quantitative estimate of drug-likeness (QED) is 0.234. The van der Waals surface area contributed by atoms with Crippen LogP contribution in [0, 0.1) is 0 Å². The van der Waals surface area contributed by atoms with Crippen LogP contribution in [0.2, 0.25) is 5.02 Å². The van der Waals surface area contributed by atoms with Crippen molar-refractivity contribution in [2.75, 3.05) is 31.9 Å². The third kappa shape index (κ3) is 6.72. The average Bonchev–Trinajstić information content (AvgIpc) is 2.80. The zero-order chi connectivity index (χ0) is 24.5. The summed E-state index contributed by atoms with van der Waals surface area (Å²) in [5, 5.41) is 8.13. The molecular weight excluding hydrogens is 473 g/mol. The standard InChI is InChI=1S/C22H25Cl2N3O6/c1-6-32-17-11-18(20(23)19(12-17)33-7-2)25-26-21(13(3)28)22(29)27(24)14-8-15(30-4)10-16(9-14)31-5/h8-12,21H,6-7H2,1-5H3. The van der Waals surface area contributed by atoms with Crippen LogP contribution in [0.4, 0.5) is 11.4 Å². The van der Waals surface area contributed by atoms with Crippen molar-refractivity contribution in [1.29, 1.82) is 0 Å². The Morgan fingerprint density at radius 2 is 1.58 bits per heavy atom. The number of rotatable bonds is 11. The van der Waals surface area contributed by atoms with E-state index in [4.69, 9.17) is 42.3 Å². The number of hydrogen-bond donors (Lipinski definition) is 0. The van der Waals surface area contributed by atoms with E-state index in [0.717, 1.165) is 4.42 Å². The maximum Gasteiger partial charge on any atom is 0.276 e. The van der Waals surface area contributed by atoms with Gasteiger partial charge in [0.25, 0.3) is 5.91 Å². The molecule has 1 atom stereocenters. The molecule has 0 radical (unpaired) electrons. The molecule has 33 heavy (non-hydrogen) atoms. The summed E-state index contributed by atoms with van der Waals surface area (Å²) in [7, 11) is 2.92. The van der Waals surface area contributed by atoms with Crippen LogP contribution in [0.25, 0.3) is 0 Å². The van der Waals surface area contributed by atoms with E-state index in [9.17, 15) is 9.59 Å². The molecule has 0 aromatic heterocycles. The number of carbonyl (C=O) groups is 2. The Labute approximate surface area is 202 Å². The van der Waals surface area contributed by atoms with Gasteiger partial charge in [0.1, 0.15) is 33.7 Å². The molecule has 0 N–H and O–H groups in total. The van der Waals surface area contributed by atoms with Crippen molar-refractivity contribution >= 4 is 46.4 Å². The van der Waals surface area contributed by atoms with Gasteiger partial charge in [-0.15, -0.1) is 0 Å². The van der Waals surface area contributed by atoms with E-state index in [1.807, 2.05) is 6.92 Å². The first-order valence-corrected chi connectivity index (χ1v) is 10.7. The van der Waals surface area contributed by atoms with Crippen LogP contribution >= 0.6 is 23.4 Å². The van der Waals surface area contributed by atoms with Crippen LogP contribution < -0.4 is 23.4 Å². The van der Waals surface area contributed by atoms with Crippen LogP contribution in [0.15, 0.2) is 40.6 Å². The van der Waals surface area contributed by atoms with Crippen molar-refractivity contribution in [2.45, 2.75) is 26.8 Å². The number of amides is 1. The summed E-state index contributed by atoms with van der Waals surface area (Å²) in [4.78, 5) is 25.2. The Hall–Kier alpha value is -3.04. The fraction of sp³-hybridized carbons (Fsp3) is 0.364. The Morgan fingerprint density at radius 1 is 0.970 bits per heavy atom. The van der Waals surface area contributed by atoms with Crippen LogP contribution in [0.3, 0.4) is 0 Å². The van der Waals surface area contributed by atoms with E-state index in [-0.39, 0.29) is 16.4 Å². The number of Topliss-reactive ketones (excluding diaryl/α,β-unsaturated/α-hetero) is 1. The van der Waals surface area contributed by atoms with Crippen molar-refractivity contribution in [1.82, 2.24) is 0 Å². The molecule has 0 aliphatic rings. The number of nitrogens with zero attached hydrogens (tertiary/aromatic N) is 3. The van der Waals surface area contributed by atoms with Crippen LogP contribution in [-0.2, 0) is 9.59 Å². The predicted molar refractivity (Wildman–Crippen MR) is 126 cm³/mol.